The topological polar surface area (TPSA) is 59.6 Å². The van der Waals surface area contributed by atoms with Gasteiger partial charge in [0, 0.05) is 23.3 Å². The van der Waals surface area contributed by atoms with Gasteiger partial charge >= 0.3 is 0 Å². The molecule has 0 saturated heterocycles. The van der Waals surface area contributed by atoms with E-state index in [0.29, 0.717) is 6.42 Å². The zero-order valence-electron chi connectivity index (χ0n) is 18.2. The molecule has 1 aliphatic carbocycles. The quantitative estimate of drug-likeness (QED) is 0.562. The van der Waals surface area contributed by atoms with Crippen LogP contribution in [0.25, 0.3) is 0 Å². The van der Waals surface area contributed by atoms with Crippen molar-refractivity contribution < 1.29 is 14.3 Å². The molecule has 0 bridgehead atoms. The largest absolute Gasteiger partial charge is 0.497 e. The first-order valence-corrected chi connectivity index (χ1v) is 10.8. The molecule has 5 heteroatoms. The van der Waals surface area contributed by atoms with Crippen LogP contribution in [0.3, 0.4) is 0 Å². The van der Waals surface area contributed by atoms with E-state index in [9.17, 15) is 4.79 Å². The van der Waals surface area contributed by atoms with Crippen molar-refractivity contribution in [3.05, 3.63) is 95.2 Å². The van der Waals surface area contributed by atoms with E-state index >= 15 is 0 Å². The zero-order chi connectivity index (χ0) is 22.1. The minimum atomic E-state index is -0.290. The second-order valence-electron chi connectivity index (χ2n) is 8.18. The normalized spacial score (nSPS) is 19.8. The lowest BCUT2D eigenvalue weighted by molar-refractivity contribution is -0.116. The lowest BCUT2D eigenvalue weighted by atomic mass is 9.78. The number of carbonyl (C=O) groups excluding carboxylic acids is 1. The molecule has 2 N–H and O–H groups in total. The number of rotatable bonds is 4. The van der Waals surface area contributed by atoms with Crippen LogP contribution in [0, 0.1) is 0 Å². The Hall–Kier alpha value is -3.73. The first kappa shape index (κ1) is 20.2. The van der Waals surface area contributed by atoms with Crippen molar-refractivity contribution in [3.63, 3.8) is 0 Å². The second-order valence-corrected chi connectivity index (χ2v) is 8.18. The summed E-state index contributed by atoms with van der Waals surface area (Å²) in [6.45, 7) is 0. The van der Waals surface area contributed by atoms with E-state index in [2.05, 4.69) is 22.8 Å². The van der Waals surface area contributed by atoms with Crippen molar-refractivity contribution in [1.29, 1.82) is 0 Å². The predicted octanol–water partition coefficient (Wildman–Crippen LogP) is 5.68. The summed E-state index contributed by atoms with van der Waals surface area (Å²) in [5.74, 6) is 1.85. The van der Waals surface area contributed by atoms with Gasteiger partial charge < -0.3 is 20.1 Å². The molecule has 2 aliphatic rings. The van der Waals surface area contributed by atoms with E-state index in [-0.39, 0.29) is 17.7 Å². The average Bonchev–Trinajstić information content (AvgIpc) is 3.01. The van der Waals surface area contributed by atoms with Gasteiger partial charge in [0.05, 0.1) is 31.6 Å². The van der Waals surface area contributed by atoms with Crippen molar-refractivity contribution in [2.24, 2.45) is 0 Å². The Morgan fingerprint density at radius 1 is 0.812 bits per heavy atom. The minimum Gasteiger partial charge on any atom is -0.497 e. The van der Waals surface area contributed by atoms with Crippen LogP contribution in [-0.2, 0) is 4.79 Å². The number of hydrogen-bond acceptors (Lipinski definition) is 5. The van der Waals surface area contributed by atoms with E-state index in [4.69, 9.17) is 9.47 Å². The number of para-hydroxylation sites is 3. The zero-order valence-corrected chi connectivity index (χ0v) is 18.2. The van der Waals surface area contributed by atoms with Crippen molar-refractivity contribution in [3.8, 4) is 11.5 Å². The Kier molecular flexibility index (Phi) is 5.31. The summed E-state index contributed by atoms with van der Waals surface area (Å²) in [6, 6.07) is 23.7. The molecule has 0 amide bonds. The molecular weight excluding hydrogens is 400 g/mol. The smallest absolute Gasteiger partial charge is 0.163 e. The third-order valence-electron chi connectivity index (χ3n) is 6.35. The first-order chi connectivity index (χ1) is 15.7. The number of nitrogens with one attached hydrogen (secondary N) is 2. The Morgan fingerprint density at radius 2 is 1.53 bits per heavy atom. The van der Waals surface area contributed by atoms with Crippen LogP contribution >= 0.6 is 0 Å². The molecule has 5 rings (SSSR count). The number of Topliss-reactive ketones (excluding diaryl/α,β-unsaturated/α-hetero) is 1. The van der Waals surface area contributed by atoms with E-state index < -0.39 is 0 Å². The molecular formula is C27H26N2O3. The monoisotopic (exact) mass is 426 g/mol. The standard InChI is InChI=1S/C27H26N2O3/c1-31-19-13-11-17(12-14-19)18-15-23-26(24(30)16-18)27(20-7-3-6-10-25(20)32-2)29-22-9-5-4-8-21(22)28-23/h3-14,18,27-29H,15-16H2,1-2H3/t18-,27+/m1/s1. The van der Waals surface area contributed by atoms with Gasteiger partial charge in [0.15, 0.2) is 5.78 Å². The number of ketones is 1. The molecule has 0 aromatic heterocycles. The van der Waals surface area contributed by atoms with Gasteiger partial charge in [-0.15, -0.1) is 0 Å². The van der Waals surface area contributed by atoms with Gasteiger partial charge in [-0.1, -0.05) is 42.5 Å². The summed E-state index contributed by atoms with van der Waals surface area (Å²) in [5.41, 5.74) is 5.79. The van der Waals surface area contributed by atoms with Crippen LogP contribution in [0.4, 0.5) is 11.4 Å². The SMILES string of the molecule is COc1ccc([C@H]2CC(=O)C3=C(C2)Nc2ccccc2N[C@H]3c2ccccc2OC)cc1. The van der Waals surface area contributed by atoms with Crippen LogP contribution in [0.1, 0.15) is 35.9 Å². The van der Waals surface area contributed by atoms with Gasteiger partial charge in [0.2, 0.25) is 0 Å². The summed E-state index contributed by atoms with van der Waals surface area (Å²) in [7, 11) is 3.33. The van der Waals surface area contributed by atoms with Crippen molar-refractivity contribution in [2.75, 3.05) is 24.9 Å². The maximum atomic E-state index is 13.6. The van der Waals surface area contributed by atoms with Gasteiger partial charge in [0.1, 0.15) is 11.5 Å². The number of benzene rings is 3. The fourth-order valence-corrected chi connectivity index (χ4v) is 4.74. The number of ether oxygens (including phenoxy) is 2. The summed E-state index contributed by atoms with van der Waals surface area (Å²) < 4.78 is 10.9. The van der Waals surface area contributed by atoms with Crippen molar-refractivity contribution in [1.82, 2.24) is 0 Å². The molecule has 162 valence electrons. The number of hydrogen-bond donors (Lipinski definition) is 2. The molecule has 3 aromatic carbocycles. The van der Waals surface area contributed by atoms with Crippen LogP contribution in [0.2, 0.25) is 0 Å². The van der Waals surface area contributed by atoms with E-state index in [1.54, 1.807) is 14.2 Å². The predicted molar refractivity (Wildman–Crippen MR) is 126 cm³/mol. The van der Waals surface area contributed by atoms with E-state index in [0.717, 1.165) is 51.7 Å². The summed E-state index contributed by atoms with van der Waals surface area (Å²) in [6.07, 6.45) is 1.23. The Balaban J connectivity index is 1.60. The van der Waals surface area contributed by atoms with Crippen LogP contribution in [-0.4, -0.2) is 20.0 Å². The van der Waals surface area contributed by atoms with Crippen LogP contribution in [0.15, 0.2) is 84.1 Å². The highest BCUT2D eigenvalue weighted by Crippen LogP contribution is 2.45. The van der Waals surface area contributed by atoms with Gasteiger partial charge in [-0.05, 0) is 48.2 Å². The third-order valence-corrected chi connectivity index (χ3v) is 6.35. The van der Waals surface area contributed by atoms with Crippen molar-refractivity contribution in [2.45, 2.75) is 24.8 Å². The Labute approximate surface area is 188 Å². The second kappa shape index (κ2) is 8.42. The maximum absolute atomic E-state index is 13.6. The first-order valence-electron chi connectivity index (χ1n) is 10.8. The van der Waals surface area contributed by atoms with Crippen LogP contribution in [0.5, 0.6) is 11.5 Å². The number of fused-ring (bicyclic) bond motifs is 1. The van der Waals surface area contributed by atoms with Gasteiger partial charge in [0.25, 0.3) is 0 Å². The maximum Gasteiger partial charge on any atom is 0.163 e. The van der Waals surface area contributed by atoms with Crippen molar-refractivity contribution >= 4 is 17.2 Å². The molecule has 1 aliphatic heterocycles. The van der Waals surface area contributed by atoms with Gasteiger partial charge in [-0.3, -0.25) is 4.79 Å². The summed E-state index contributed by atoms with van der Waals surface area (Å²) >= 11 is 0. The molecule has 0 unspecified atom stereocenters. The fraction of sp³-hybridized carbons (Fsp3) is 0.222. The Morgan fingerprint density at radius 3 is 2.28 bits per heavy atom. The van der Waals surface area contributed by atoms with Gasteiger partial charge in [-0.25, -0.2) is 0 Å². The van der Waals surface area contributed by atoms with Crippen LogP contribution < -0.4 is 20.1 Å². The number of allylic oxidation sites excluding steroid dienone is 1. The molecule has 3 aromatic rings. The van der Waals surface area contributed by atoms with E-state index in [1.807, 2.05) is 60.7 Å². The highest BCUT2D eigenvalue weighted by Gasteiger charge is 2.36. The molecule has 0 spiro atoms. The lowest BCUT2D eigenvalue weighted by Crippen LogP contribution is -2.27. The highest BCUT2D eigenvalue weighted by molar-refractivity contribution is 6.01. The molecule has 0 fully saturated rings. The average molecular weight is 427 g/mol. The summed E-state index contributed by atoms with van der Waals surface area (Å²) in [5, 5.41) is 7.19. The number of carbonyl (C=O) groups is 1. The molecule has 1 heterocycles. The molecule has 32 heavy (non-hydrogen) atoms. The van der Waals surface area contributed by atoms with Gasteiger partial charge in [-0.2, -0.15) is 0 Å². The lowest BCUT2D eigenvalue weighted by Gasteiger charge is -2.30. The molecule has 0 radical (unpaired) electrons. The third kappa shape index (κ3) is 3.60. The minimum absolute atomic E-state index is 0.114. The highest BCUT2D eigenvalue weighted by atomic mass is 16.5. The van der Waals surface area contributed by atoms with E-state index in [1.165, 1.54) is 0 Å². The molecule has 2 atom stereocenters. The molecule has 0 saturated carbocycles. The summed E-state index contributed by atoms with van der Waals surface area (Å²) in [4.78, 5) is 13.6. The number of methoxy groups -OCH3 is 2. The number of anilines is 2. The fourth-order valence-electron chi connectivity index (χ4n) is 4.74. The molecule has 5 nitrogen and oxygen atoms in total. The Bertz CT molecular complexity index is 1180.